The number of esters is 1. The van der Waals surface area contributed by atoms with Gasteiger partial charge in [0, 0.05) is 13.2 Å². The molecule has 2 unspecified atom stereocenters. The van der Waals surface area contributed by atoms with Crippen molar-refractivity contribution in [3.05, 3.63) is 33.8 Å². The molecule has 0 aromatic heterocycles. The lowest BCUT2D eigenvalue weighted by atomic mass is 10.1. The Morgan fingerprint density at radius 2 is 2.29 bits per heavy atom. The minimum atomic E-state index is -0.566. The Morgan fingerprint density at radius 1 is 1.48 bits per heavy atom. The first-order chi connectivity index (χ1) is 10.1. The van der Waals surface area contributed by atoms with E-state index in [0.717, 1.165) is 25.0 Å². The lowest BCUT2D eigenvalue weighted by Crippen LogP contribution is -2.35. The Labute approximate surface area is 134 Å². The first-order valence-corrected chi connectivity index (χ1v) is 7.84. The first kappa shape index (κ1) is 16.6. The summed E-state index contributed by atoms with van der Waals surface area (Å²) in [5, 5.41) is 4.09. The SMILES string of the molecule is CCOC(=O)C(NCC1CCCO1)c1ccc(Cl)c(Cl)c1. The van der Waals surface area contributed by atoms with Gasteiger partial charge in [-0.2, -0.15) is 0 Å². The molecule has 1 heterocycles. The predicted molar refractivity (Wildman–Crippen MR) is 82.8 cm³/mol. The van der Waals surface area contributed by atoms with Crippen LogP contribution in [-0.4, -0.2) is 31.8 Å². The van der Waals surface area contributed by atoms with Gasteiger partial charge in [-0.05, 0) is 37.5 Å². The molecule has 2 rings (SSSR count). The number of carbonyl (C=O) groups is 1. The fourth-order valence-corrected chi connectivity index (χ4v) is 2.62. The zero-order chi connectivity index (χ0) is 15.2. The second kappa shape index (κ2) is 7.99. The zero-order valence-corrected chi connectivity index (χ0v) is 13.4. The van der Waals surface area contributed by atoms with Gasteiger partial charge in [0.2, 0.25) is 0 Å². The summed E-state index contributed by atoms with van der Waals surface area (Å²) in [7, 11) is 0. The summed E-state index contributed by atoms with van der Waals surface area (Å²) >= 11 is 11.9. The van der Waals surface area contributed by atoms with Crippen LogP contribution in [0.3, 0.4) is 0 Å². The highest BCUT2D eigenvalue weighted by Crippen LogP contribution is 2.26. The number of benzene rings is 1. The van der Waals surface area contributed by atoms with Crippen LogP contribution >= 0.6 is 23.2 Å². The standard InChI is InChI=1S/C15H19Cl2NO3/c1-2-20-15(19)14(18-9-11-4-3-7-21-11)10-5-6-12(16)13(17)8-10/h5-6,8,11,14,18H,2-4,7,9H2,1H3. The Morgan fingerprint density at radius 3 is 2.90 bits per heavy atom. The molecule has 1 aromatic rings. The lowest BCUT2D eigenvalue weighted by Gasteiger charge is -2.20. The Kier molecular flexibility index (Phi) is 6.30. The van der Waals surface area contributed by atoms with Crippen molar-refractivity contribution in [1.82, 2.24) is 5.32 Å². The molecule has 0 amide bonds. The van der Waals surface area contributed by atoms with Crippen molar-refractivity contribution in [3.8, 4) is 0 Å². The van der Waals surface area contributed by atoms with Gasteiger partial charge in [0.1, 0.15) is 6.04 Å². The van der Waals surface area contributed by atoms with Crippen molar-refractivity contribution in [2.45, 2.75) is 31.9 Å². The van der Waals surface area contributed by atoms with E-state index >= 15 is 0 Å². The van der Waals surface area contributed by atoms with Gasteiger partial charge in [-0.15, -0.1) is 0 Å². The molecule has 1 aromatic carbocycles. The molecule has 21 heavy (non-hydrogen) atoms. The molecule has 0 bridgehead atoms. The number of halogens is 2. The maximum absolute atomic E-state index is 12.1. The Hall–Kier alpha value is -0.810. The summed E-state index contributed by atoms with van der Waals surface area (Å²) in [5.41, 5.74) is 0.737. The van der Waals surface area contributed by atoms with E-state index in [1.807, 2.05) is 0 Å². The molecule has 4 nitrogen and oxygen atoms in total. The highest BCUT2D eigenvalue weighted by atomic mass is 35.5. The van der Waals surface area contributed by atoms with Crippen molar-refractivity contribution >= 4 is 29.2 Å². The molecule has 6 heteroatoms. The number of hydrogen-bond donors (Lipinski definition) is 1. The molecule has 1 saturated heterocycles. The van der Waals surface area contributed by atoms with Crippen LogP contribution < -0.4 is 5.32 Å². The second-order valence-corrected chi connectivity index (χ2v) is 5.72. The summed E-state index contributed by atoms with van der Waals surface area (Å²) < 4.78 is 10.7. The first-order valence-electron chi connectivity index (χ1n) is 7.08. The third-order valence-corrected chi connectivity index (χ3v) is 4.11. The molecule has 1 aliphatic rings. The molecule has 1 N–H and O–H groups in total. The van der Waals surface area contributed by atoms with Crippen molar-refractivity contribution in [3.63, 3.8) is 0 Å². The number of ether oxygens (including phenoxy) is 2. The van der Waals surface area contributed by atoms with E-state index in [4.69, 9.17) is 32.7 Å². The summed E-state index contributed by atoms with van der Waals surface area (Å²) in [6.45, 7) is 3.50. The van der Waals surface area contributed by atoms with Crippen LogP contribution in [0, 0.1) is 0 Å². The second-order valence-electron chi connectivity index (χ2n) is 4.90. The normalized spacial score (nSPS) is 19.5. The third kappa shape index (κ3) is 4.58. The Bertz CT molecular complexity index is 490. The molecule has 0 spiro atoms. The van der Waals surface area contributed by atoms with E-state index < -0.39 is 6.04 Å². The quantitative estimate of drug-likeness (QED) is 0.812. The van der Waals surface area contributed by atoms with Gasteiger partial charge in [0.05, 0.1) is 22.8 Å². The van der Waals surface area contributed by atoms with Gasteiger partial charge in [0.15, 0.2) is 0 Å². The molecule has 1 aliphatic heterocycles. The van der Waals surface area contributed by atoms with Gasteiger partial charge >= 0.3 is 5.97 Å². The van der Waals surface area contributed by atoms with E-state index in [9.17, 15) is 4.79 Å². The van der Waals surface area contributed by atoms with E-state index in [-0.39, 0.29) is 12.1 Å². The van der Waals surface area contributed by atoms with Crippen LogP contribution in [0.4, 0.5) is 0 Å². The molecule has 1 fully saturated rings. The van der Waals surface area contributed by atoms with Crippen LogP contribution in [0.5, 0.6) is 0 Å². The molecule has 116 valence electrons. The van der Waals surface area contributed by atoms with Crippen LogP contribution in [0.2, 0.25) is 10.0 Å². The van der Waals surface area contributed by atoms with Gasteiger partial charge < -0.3 is 9.47 Å². The fourth-order valence-electron chi connectivity index (χ4n) is 2.31. The van der Waals surface area contributed by atoms with Crippen molar-refractivity contribution in [2.24, 2.45) is 0 Å². The monoisotopic (exact) mass is 331 g/mol. The van der Waals surface area contributed by atoms with Gasteiger partial charge in [0.25, 0.3) is 0 Å². The Balaban J connectivity index is 2.09. The predicted octanol–water partition coefficient (Wildman–Crippen LogP) is 3.37. The smallest absolute Gasteiger partial charge is 0.327 e. The fraction of sp³-hybridized carbons (Fsp3) is 0.533. The number of carbonyl (C=O) groups excluding carboxylic acids is 1. The summed E-state index contributed by atoms with van der Waals surface area (Å²) in [6.07, 6.45) is 2.21. The van der Waals surface area contributed by atoms with Crippen molar-refractivity contribution < 1.29 is 14.3 Å². The highest BCUT2D eigenvalue weighted by molar-refractivity contribution is 6.42. The van der Waals surface area contributed by atoms with Crippen LogP contribution in [0.15, 0.2) is 18.2 Å². The summed E-state index contributed by atoms with van der Waals surface area (Å²) in [4.78, 5) is 12.1. The largest absolute Gasteiger partial charge is 0.465 e. The molecule has 0 aliphatic carbocycles. The molecular formula is C15H19Cl2NO3. The van der Waals surface area contributed by atoms with Crippen LogP contribution in [-0.2, 0) is 14.3 Å². The zero-order valence-electron chi connectivity index (χ0n) is 11.9. The van der Waals surface area contributed by atoms with Gasteiger partial charge in [-0.25, -0.2) is 4.79 Å². The minimum absolute atomic E-state index is 0.143. The number of hydrogen-bond acceptors (Lipinski definition) is 4. The third-order valence-electron chi connectivity index (χ3n) is 3.37. The van der Waals surface area contributed by atoms with Crippen molar-refractivity contribution in [2.75, 3.05) is 19.8 Å². The maximum atomic E-state index is 12.1. The van der Waals surface area contributed by atoms with Gasteiger partial charge in [-0.1, -0.05) is 29.3 Å². The van der Waals surface area contributed by atoms with Crippen LogP contribution in [0.1, 0.15) is 31.4 Å². The molecule has 0 saturated carbocycles. The summed E-state index contributed by atoms with van der Waals surface area (Å²) in [5.74, 6) is -0.325. The molecule has 2 atom stereocenters. The average Bonchev–Trinajstić information content (AvgIpc) is 2.96. The average molecular weight is 332 g/mol. The molecule has 0 radical (unpaired) electrons. The van der Waals surface area contributed by atoms with E-state index in [1.165, 1.54) is 0 Å². The topological polar surface area (TPSA) is 47.6 Å². The highest BCUT2D eigenvalue weighted by Gasteiger charge is 2.24. The minimum Gasteiger partial charge on any atom is -0.465 e. The maximum Gasteiger partial charge on any atom is 0.327 e. The van der Waals surface area contributed by atoms with E-state index in [1.54, 1.807) is 25.1 Å². The van der Waals surface area contributed by atoms with E-state index in [0.29, 0.717) is 23.2 Å². The molecular weight excluding hydrogens is 313 g/mol. The van der Waals surface area contributed by atoms with E-state index in [2.05, 4.69) is 5.32 Å². The summed E-state index contributed by atoms with van der Waals surface area (Å²) in [6, 6.07) is 4.58. The number of rotatable bonds is 6. The van der Waals surface area contributed by atoms with Crippen LogP contribution in [0.25, 0.3) is 0 Å². The van der Waals surface area contributed by atoms with Gasteiger partial charge in [-0.3, -0.25) is 5.32 Å². The van der Waals surface area contributed by atoms with Crippen molar-refractivity contribution in [1.29, 1.82) is 0 Å². The lowest BCUT2D eigenvalue weighted by molar-refractivity contribution is -0.146. The number of nitrogens with one attached hydrogen (secondary N) is 1.